The average molecular weight is 454 g/mol. The summed E-state index contributed by atoms with van der Waals surface area (Å²) >= 11 is 5.95. The minimum absolute atomic E-state index is 0.291. The molecule has 0 radical (unpaired) electrons. The van der Waals surface area contributed by atoms with Crippen LogP contribution >= 0.6 is 11.6 Å². The molecule has 0 fully saturated rings. The first kappa shape index (κ1) is 23.5. The molecule has 162 valence electrons. The Morgan fingerprint density at radius 2 is 1.83 bits per heavy atom. The summed E-state index contributed by atoms with van der Waals surface area (Å²) in [4.78, 5) is 12.4. The van der Waals surface area contributed by atoms with Gasteiger partial charge in [-0.15, -0.1) is 0 Å². The van der Waals surface area contributed by atoms with Gasteiger partial charge in [-0.3, -0.25) is 9.10 Å². The maximum Gasteiger partial charge on any atom is 0.260 e. The number of carbonyl (C=O) groups excluding carboxylic acids is 1. The minimum Gasteiger partial charge on any atom is -0.493 e. The molecule has 0 aliphatic carbocycles. The Morgan fingerprint density at radius 3 is 2.40 bits per heavy atom. The number of anilines is 1. The van der Waals surface area contributed by atoms with Crippen LogP contribution in [0, 0.1) is 0 Å². The first-order valence-electron chi connectivity index (χ1n) is 9.00. The molecule has 2 aromatic carbocycles. The van der Waals surface area contributed by atoms with Crippen molar-refractivity contribution >= 4 is 38.9 Å². The minimum atomic E-state index is -3.71. The first-order chi connectivity index (χ1) is 14.2. The van der Waals surface area contributed by atoms with E-state index in [9.17, 15) is 13.2 Å². The molecular weight excluding hydrogens is 430 g/mol. The Balaban J connectivity index is 2.21. The van der Waals surface area contributed by atoms with Crippen molar-refractivity contribution in [1.29, 1.82) is 0 Å². The zero-order valence-electron chi connectivity index (χ0n) is 17.2. The predicted molar refractivity (Wildman–Crippen MR) is 118 cm³/mol. The van der Waals surface area contributed by atoms with Crippen LogP contribution < -0.4 is 19.2 Å². The molecule has 2 rings (SSSR count). The van der Waals surface area contributed by atoms with Gasteiger partial charge < -0.3 is 9.47 Å². The van der Waals surface area contributed by atoms with Crippen molar-refractivity contribution in [1.82, 2.24) is 5.43 Å². The fourth-order valence-electron chi connectivity index (χ4n) is 2.69. The van der Waals surface area contributed by atoms with E-state index in [1.165, 1.54) is 13.2 Å². The molecule has 0 aromatic heterocycles. The number of hydrogen-bond acceptors (Lipinski definition) is 6. The highest BCUT2D eigenvalue weighted by Crippen LogP contribution is 2.28. The Hall–Kier alpha value is -2.78. The van der Waals surface area contributed by atoms with Crippen LogP contribution in [0.2, 0.25) is 5.02 Å². The summed E-state index contributed by atoms with van der Waals surface area (Å²) in [5.74, 6) is 0.518. The summed E-state index contributed by atoms with van der Waals surface area (Å²) in [5.41, 5.74) is 4.05. The van der Waals surface area contributed by atoms with Crippen LogP contribution in [0.25, 0.3) is 0 Å². The highest BCUT2D eigenvalue weighted by molar-refractivity contribution is 7.92. The fraction of sp³-hybridized carbons (Fsp3) is 0.300. The molecule has 0 atom stereocenters. The number of halogens is 1. The number of carbonyl (C=O) groups is 1. The monoisotopic (exact) mass is 453 g/mol. The largest absolute Gasteiger partial charge is 0.493 e. The molecule has 2 aromatic rings. The van der Waals surface area contributed by atoms with E-state index in [4.69, 9.17) is 21.1 Å². The van der Waals surface area contributed by atoms with Crippen LogP contribution in [0.4, 0.5) is 5.69 Å². The number of methoxy groups -OCH3 is 2. The van der Waals surface area contributed by atoms with Gasteiger partial charge >= 0.3 is 0 Å². The lowest BCUT2D eigenvalue weighted by atomic mass is 10.1. The number of ether oxygens (including phenoxy) is 2. The van der Waals surface area contributed by atoms with E-state index in [0.29, 0.717) is 34.3 Å². The third-order valence-electron chi connectivity index (χ3n) is 4.15. The highest BCUT2D eigenvalue weighted by atomic mass is 35.5. The maximum absolute atomic E-state index is 12.4. The second kappa shape index (κ2) is 10.3. The van der Waals surface area contributed by atoms with Gasteiger partial charge in [0.1, 0.15) is 6.54 Å². The average Bonchev–Trinajstić information content (AvgIpc) is 2.71. The molecule has 1 amide bonds. The van der Waals surface area contributed by atoms with Gasteiger partial charge in [0.15, 0.2) is 11.5 Å². The lowest BCUT2D eigenvalue weighted by Crippen LogP contribution is -2.39. The zero-order chi connectivity index (χ0) is 22.3. The van der Waals surface area contributed by atoms with Crippen LogP contribution in [0.1, 0.15) is 18.9 Å². The molecule has 0 saturated heterocycles. The first-order valence-corrected chi connectivity index (χ1v) is 11.2. The second-order valence-electron chi connectivity index (χ2n) is 6.27. The molecule has 0 saturated carbocycles. The molecule has 1 N–H and O–H groups in total. The molecule has 0 heterocycles. The van der Waals surface area contributed by atoms with E-state index in [1.807, 2.05) is 6.92 Å². The van der Waals surface area contributed by atoms with Crippen molar-refractivity contribution in [3.63, 3.8) is 0 Å². The normalized spacial score (nSPS) is 11.7. The molecule has 10 heteroatoms. The lowest BCUT2D eigenvalue weighted by molar-refractivity contribution is -0.119. The molecule has 30 heavy (non-hydrogen) atoms. The Morgan fingerprint density at radius 1 is 1.13 bits per heavy atom. The maximum atomic E-state index is 12.4. The van der Waals surface area contributed by atoms with Crippen LogP contribution in [-0.4, -0.2) is 47.1 Å². The smallest absolute Gasteiger partial charge is 0.260 e. The summed E-state index contributed by atoms with van der Waals surface area (Å²) in [6.45, 7) is 1.45. The molecular formula is C20H24ClN3O5S. The third-order valence-corrected chi connectivity index (χ3v) is 5.53. The summed E-state index contributed by atoms with van der Waals surface area (Å²) in [6, 6.07) is 11.5. The van der Waals surface area contributed by atoms with E-state index in [0.717, 1.165) is 16.1 Å². The Bertz CT molecular complexity index is 1040. The fourth-order valence-corrected chi connectivity index (χ4v) is 3.72. The summed E-state index contributed by atoms with van der Waals surface area (Å²) < 4.78 is 35.8. The Labute approximate surface area is 181 Å². The third kappa shape index (κ3) is 6.11. The number of rotatable bonds is 9. The quantitative estimate of drug-likeness (QED) is 0.465. The Kier molecular flexibility index (Phi) is 8.08. The van der Waals surface area contributed by atoms with Crippen LogP contribution in [0.5, 0.6) is 11.5 Å². The highest BCUT2D eigenvalue weighted by Gasteiger charge is 2.21. The molecule has 0 aliphatic heterocycles. The number of sulfonamides is 1. The van der Waals surface area contributed by atoms with Gasteiger partial charge in [-0.1, -0.05) is 24.6 Å². The van der Waals surface area contributed by atoms with Crippen LogP contribution in [0.15, 0.2) is 47.6 Å². The molecule has 0 aliphatic rings. The number of nitrogens with zero attached hydrogens (tertiary/aromatic N) is 2. The van der Waals surface area contributed by atoms with Gasteiger partial charge in [-0.25, -0.2) is 13.8 Å². The van der Waals surface area contributed by atoms with E-state index < -0.39 is 22.5 Å². The topological polar surface area (TPSA) is 97.3 Å². The van der Waals surface area contributed by atoms with Crippen molar-refractivity contribution in [2.75, 3.05) is 31.3 Å². The van der Waals surface area contributed by atoms with Gasteiger partial charge in [-0.05, 0) is 42.8 Å². The van der Waals surface area contributed by atoms with E-state index in [1.54, 1.807) is 43.5 Å². The van der Waals surface area contributed by atoms with Crippen molar-refractivity contribution in [2.24, 2.45) is 5.10 Å². The lowest BCUT2D eigenvalue weighted by Gasteiger charge is -2.21. The van der Waals surface area contributed by atoms with E-state index in [-0.39, 0.29) is 0 Å². The standard InChI is InChI=1S/C20H24ClN3O5S/c1-5-17(14-9-10-18(28-2)19(11-14)29-3)22-23-20(25)13-24(30(4,26)27)16-8-6-7-15(21)12-16/h6-12H,5,13H2,1-4H3,(H,23,25)/b22-17-. The predicted octanol–water partition coefficient (Wildman–Crippen LogP) is 3.05. The number of nitrogens with one attached hydrogen (secondary N) is 1. The van der Waals surface area contributed by atoms with Crippen molar-refractivity contribution in [3.8, 4) is 11.5 Å². The number of benzene rings is 2. The van der Waals surface area contributed by atoms with Gasteiger partial charge in [-0.2, -0.15) is 5.10 Å². The van der Waals surface area contributed by atoms with E-state index in [2.05, 4.69) is 10.5 Å². The molecule has 0 bridgehead atoms. The SMILES string of the molecule is CC/C(=N/NC(=O)CN(c1cccc(Cl)c1)S(C)(=O)=O)c1ccc(OC)c(OC)c1. The summed E-state index contributed by atoms with van der Waals surface area (Å²) in [5, 5.41) is 4.53. The second-order valence-corrected chi connectivity index (χ2v) is 8.61. The number of hydrogen-bond donors (Lipinski definition) is 1. The molecule has 8 nitrogen and oxygen atoms in total. The van der Waals surface area contributed by atoms with Gasteiger partial charge in [0.25, 0.3) is 5.91 Å². The zero-order valence-corrected chi connectivity index (χ0v) is 18.7. The molecule has 0 unspecified atom stereocenters. The van der Waals surface area contributed by atoms with Crippen molar-refractivity contribution in [2.45, 2.75) is 13.3 Å². The summed E-state index contributed by atoms with van der Waals surface area (Å²) in [7, 11) is -0.637. The van der Waals surface area contributed by atoms with Crippen LogP contribution in [0.3, 0.4) is 0 Å². The van der Waals surface area contributed by atoms with Gasteiger partial charge in [0.05, 0.1) is 31.9 Å². The van der Waals surface area contributed by atoms with Crippen molar-refractivity contribution in [3.05, 3.63) is 53.1 Å². The van der Waals surface area contributed by atoms with E-state index >= 15 is 0 Å². The van der Waals surface area contributed by atoms with Crippen LogP contribution in [-0.2, 0) is 14.8 Å². The summed E-state index contributed by atoms with van der Waals surface area (Å²) in [6.07, 6.45) is 1.55. The number of hydrazone groups is 1. The molecule has 0 spiro atoms. The van der Waals surface area contributed by atoms with Gasteiger partial charge in [0.2, 0.25) is 10.0 Å². The van der Waals surface area contributed by atoms with Crippen molar-refractivity contribution < 1.29 is 22.7 Å². The van der Waals surface area contributed by atoms with Gasteiger partial charge in [0, 0.05) is 10.6 Å². The number of amides is 1.